The van der Waals surface area contributed by atoms with E-state index in [1.165, 1.54) is 0 Å². The molecule has 0 spiro atoms. The first-order valence-corrected chi connectivity index (χ1v) is 5.53. The molecule has 0 saturated heterocycles. The van der Waals surface area contributed by atoms with Gasteiger partial charge in [-0.15, -0.1) is 0 Å². The van der Waals surface area contributed by atoms with E-state index in [0.717, 1.165) is 24.0 Å². The number of hydrogen-bond acceptors (Lipinski definition) is 3. The van der Waals surface area contributed by atoms with Crippen molar-refractivity contribution >= 4 is 0 Å². The largest absolute Gasteiger partial charge is 0.392 e. The van der Waals surface area contributed by atoms with Gasteiger partial charge in [-0.3, -0.25) is 0 Å². The smallest absolute Gasteiger partial charge is 0.0812 e. The van der Waals surface area contributed by atoms with Crippen LogP contribution in [-0.2, 0) is 0 Å². The molecule has 1 aliphatic carbocycles. The minimum absolute atomic E-state index is 0.0250. The fourth-order valence-corrected chi connectivity index (χ4v) is 1.92. The molecule has 3 heteroatoms. The molecule has 0 radical (unpaired) electrons. The second kappa shape index (κ2) is 6.05. The van der Waals surface area contributed by atoms with Gasteiger partial charge in [-0.05, 0) is 24.8 Å². The molecule has 3 nitrogen and oxygen atoms in total. The van der Waals surface area contributed by atoms with Gasteiger partial charge in [0.2, 0.25) is 0 Å². The summed E-state index contributed by atoms with van der Waals surface area (Å²) in [7, 11) is 0. The molecule has 1 aliphatic rings. The zero-order valence-electron chi connectivity index (χ0n) is 9.19. The van der Waals surface area contributed by atoms with Crippen molar-refractivity contribution in [1.82, 2.24) is 0 Å². The molecule has 0 aromatic carbocycles. The maximum Gasteiger partial charge on any atom is 0.0812 e. The van der Waals surface area contributed by atoms with Crippen molar-refractivity contribution in [2.45, 2.75) is 44.8 Å². The van der Waals surface area contributed by atoms with Crippen LogP contribution in [0, 0.1) is 0 Å². The normalized spacial score (nSPS) is 26.7. The molecule has 0 amide bonds. The molecule has 0 aromatic rings. The molecule has 1 fully saturated rings. The lowest BCUT2D eigenvalue weighted by Crippen LogP contribution is -2.28. The summed E-state index contributed by atoms with van der Waals surface area (Å²) in [4.78, 5) is 0. The Morgan fingerprint density at radius 3 is 2.27 bits per heavy atom. The van der Waals surface area contributed by atoms with E-state index in [1.807, 2.05) is 6.08 Å². The van der Waals surface area contributed by atoms with Crippen LogP contribution in [0.25, 0.3) is 0 Å². The maximum atomic E-state index is 9.81. The van der Waals surface area contributed by atoms with E-state index in [-0.39, 0.29) is 6.61 Å². The average Bonchev–Trinajstić information content (AvgIpc) is 2.17. The van der Waals surface area contributed by atoms with Crippen LogP contribution in [0.2, 0.25) is 0 Å². The molecular weight excluding hydrogens is 192 g/mol. The van der Waals surface area contributed by atoms with Crippen LogP contribution >= 0.6 is 0 Å². The summed E-state index contributed by atoms with van der Waals surface area (Å²) in [6.07, 6.45) is 5.41. The lowest BCUT2D eigenvalue weighted by molar-refractivity contribution is 0.121. The minimum Gasteiger partial charge on any atom is -0.392 e. The summed E-state index contributed by atoms with van der Waals surface area (Å²) in [6.45, 7) is 2.04. The molecule has 2 atom stereocenters. The predicted molar refractivity (Wildman–Crippen MR) is 59.4 cm³/mol. The topological polar surface area (TPSA) is 60.7 Å². The zero-order chi connectivity index (χ0) is 11.3. The lowest BCUT2D eigenvalue weighted by atomic mass is 9.85. The molecular formula is C12H20O3. The molecule has 0 unspecified atom stereocenters. The van der Waals surface area contributed by atoms with Crippen LogP contribution < -0.4 is 0 Å². The van der Waals surface area contributed by atoms with E-state index in [9.17, 15) is 10.2 Å². The Morgan fingerprint density at radius 1 is 1.20 bits per heavy atom. The van der Waals surface area contributed by atoms with Gasteiger partial charge in [0.1, 0.15) is 0 Å². The highest BCUT2D eigenvalue weighted by molar-refractivity contribution is 5.25. The molecule has 1 saturated carbocycles. The van der Waals surface area contributed by atoms with Crippen molar-refractivity contribution in [2.75, 3.05) is 6.61 Å². The van der Waals surface area contributed by atoms with E-state index in [0.29, 0.717) is 12.8 Å². The Balaban J connectivity index is 2.68. The second-order valence-corrected chi connectivity index (χ2v) is 3.98. The van der Waals surface area contributed by atoms with Gasteiger partial charge in [-0.1, -0.05) is 31.1 Å². The first-order chi connectivity index (χ1) is 7.19. The molecule has 1 rings (SSSR count). The van der Waals surface area contributed by atoms with Crippen LogP contribution in [0.1, 0.15) is 32.6 Å². The summed E-state index contributed by atoms with van der Waals surface area (Å²) in [5, 5.41) is 28.4. The summed E-state index contributed by atoms with van der Waals surface area (Å²) < 4.78 is 0. The Kier molecular flexibility index (Phi) is 5.02. The molecule has 0 heterocycles. The first-order valence-electron chi connectivity index (χ1n) is 5.53. The highest BCUT2D eigenvalue weighted by Gasteiger charge is 2.26. The third-order valence-electron chi connectivity index (χ3n) is 2.73. The van der Waals surface area contributed by atoms with Crippen LogP contribution in [0.5, 0.6) is 0 Å². The Labute approximate surface area is 90.8 Å². The van der Waals surface area contributed by atoms with Crippen molar-refractivity contribution in [3.8, 4) is 0 Å². The van der Waals surface area contributed by atoms with E-state index < -0.39 is 12.2 Å². The fourth-order valence-electron chi connectivity index (χ4n) is 1.92. The van der Waals surface area contributed by atoms with Crippen molar-refractivity contribution < 1.29 is 15.3 Å². The maximum absolute atomic E-state index is 9.81. The lowest BCUT2D eigenvalue weighted by Gasteiger charge is -2.28. The highest BCUT2D eigenvalue weighted by atomic mass is 16.3. The highest BCUT2D eigenvalue weighted by Crippen LogP contribution is 2.28. The van der Waals surface area contributed by atoms with Gasteiger partial charge in [0.15, 0.2) is 0 Å². The first kappa shape index (κ1) is 12.4. The monoisotopic (exact) mass is 212 g/mol. The number of aliphatic hydroxyl groups excluding tert-OH is 3. The van der Waals surface area contributed by atoms with Crippen molar-refractivity contribution in [3.63, 3.8) is 0 Å². The van der Waals surface area contributed by atoms with E-state index >= 15 is 0 Å². The summed E-state index contributed by atoms with van der Waals surface area (Å²) in [5.74, 6) is 0. The standard InChI is InChI=1S/C12H20O3/c1-2-3-4-10-11(14)7-9(5-6-13)8-12(10)15/h4-5,11-15H,2-3,6-8H2,1H3/t11-,12-/m1/s1. The summed E-state index contributed by atoms with van der Waals surface area (Å²) in [5.41, 5.74) is 1.68. The average molecular weight is 212 g/mol. The third-order valence-corrected chi connectivity index (χ3v) is 2.73. The number of hydrogen-bond donors (Lipinski definition) is 3. The van der Waals surface area contributed by atoms with Gasteiger partial charge >= 0.3 is 0 Å². The number of allylic oxidation sites excluding steroid dienone is 1. The van der Waals surface area contributed by atoms with E-state index in [4.69, 9.17) is 5.11 Å². The van der Waals surface area contributed by atoms with Crippen LogP contribution in [0.3, 0.4) is 0 Å². The summed E-state index contributed by atoms with van der Waals surface area (Å²) in [6, 6.07) is 0. The van der Waals surface area contributed by atoms with Gasteiger partial charge in [0, 0.05) is 0 Å². The third kappa shape index (κ3) is 3.45. The molecule has 0 bridgehead atoms. The van der Waals surface area contributed by atoms with Gasteiger partial charge in [0.25, 0.3) is 0 Å². The Hall–Kier alpha value is -0.640. The quantitative estimate of drug-likeness (QED) is 0.615. The van der Waals surface area contributed by atoms with Crippen LogP contribution in [0.15, 0.2) is 23.3 Å². The molecule has 3 N–H and O–H groups in total. The zero-order valence-corrected chi connectivity index (χ0v) is 9.19. The molecule has 0 aliphatic heterocycles. The van der Waals surface area contributed by atoms with Gasteiger partial charge in [-0.25, -0.2) is 0 Å². The molecule has 0 aromatic heterocycles. The number of aliphatic hydroxyl groups is 3. The number of unbranched alkanes of at least 4 members (excludes halogenated alkanes) is 1. The summed E-state index contributed by atoms with van der Waals surface area (Å²) >= 11 is 0. The van der Waals surface area contributed by atoms with Crippen LogP contribution in [-0.4, -0.2) is 34.1 Å². The van der Waals surface area contributed by atoms with Gasteiger partial charge in [0.05, 0.1) is 18.8 Å². The second-order valence-electron chi connectivity index (χ2n) is 3.98. The Morgan fingerprint density at radius 2 is 1.80 bits per heavy atom. The molecule has 15 heavy (non-hydrogen) atoms. The number of rotatable bonds is 3. The van der Waals surface area contributed by atoms with Crippen LogP contribution in [0.4, 0.5) is 0 Å². The van der Waals surface area contributed by atoms with E-state index in [1.54, 1.807) is 6.08 Å². The SMILES string of the molecule is CCCC=C1[C@H](O)CC(=CCO)C[C@H]1O. The Bertz CT molecular complexity index is 240. The van der Waals surface area contributed by atoms with Crippen molar-refractivity contribution in [1.29, 1.82) is 0 Å². The minimum atomic E-state index is -0.585. The van der Waals surface area contributed by atoms with Crippen molar-refractivity contribution in [2.24, 2.45) is 0 Å². The van der Waals surface area contributed by atoms with Crippen molar-refractivity contribution in [3.05, 3.63) is 23.3 Å². The fraction of sp³-hybridized carbons (Fsp3) is 0.667. The van der Waals surface area contributed by atoms with Gasteiger partial charge in [-0.2, -0.15) is 0 Å². The molecule has 86 valence electrons. The predicted octanol–water partition coefficient (Wildman–Crippen LogP) is 1.15. The van der Waals surface area contributed by atoms with Gasteiger partial charge < -0.3 is 15.3 Å². The van der Waals surface area contributed by atoms with E-state index in [2.05, 4.69) is 6.92 Å².